The Morgan fingerprint density at radius 2 is 1.88 bits per heavy atom. The minimum Gasteiger partial charge on any atom is -0.373 e. The summed E-state index contributed by atoms with van der Waals surface area (Å²) in [7, 11) is 3.68. The first-order valence-corrected chi connectivity index (χ1v) is 7.71. The van der Waals surface area contributed by atoms with Gasteiger partial charge in [-0.15, -0.1) is 0 Å². The summed E-state index contributed by atoms with van der Waals surface area (Å²) in [4.78, 5) is 4.39. The van der Waals surface area contributed by atoms with Gasteiger partial charge in [-0.05, 0) is 25.1 Å². The molecule has 0 unspecified atom stereocenters. The number of rotatable bonds is 5. The summed E-state index contributed by atoms with van der Waals surface area (Å²) in [5, 5.41) is 18.6. The SMILES string of the molecule is CNc1ncc(-c2nn(-c3ccccc3)c(NC)c2C)cc1C=N. The van der Waals surface area contributed by atoms with E-state index >= 15 is 0 Å². The molecule has 0 amide bonds. The molecule has 2 aromatic heterocycles. The molecule has 0 radical (unpaired) electrons. The molecule has 3 aromatic rings. The second-order valence-electron chi connectivity index (χ2n) is 5.38. The highest BCUT2D eigenvalue weighted by Gasteiger charge is 2.17. The lowest BCUT2D eigenvalue weighted by Crippen LogP contribution is -2.02. The third-order valence-corrected chi connectivity index (χ3v) is 3.94. The summed E-state index contributed by atoms with van der Waals surface area (Å²) in [6.07, 6.45) is 3.08. The average Bonchev–Trinajstić information content (AvgIpc) is 2.98. The molecule has 1 aromatic carbocycles. The van der Waals surface area contributed by atoms with Crippen LogP contribution in [0.15, 0.2) is 42.6 Å². The molecule has 6 nitrogen and oxygen atoms in total. The van der Waals surface area contributed by atoms with Crippen LogP contribution >= 0.6 is 0 Å². The highest BCUT2D eigenvalue weighted by atomic mass is 15.3. The van der Waals surface area contributed by atoms with Crippen molar-refractivity contribution < 1.29 is 0 Å². The molecule has 0 spiro atoms. The van der Waals surface area contributed by atoms with E-state index in [0.29, 0.717) is 5.82 Å². The van der Waals surface area contributed by atoms with E-state index in [0.717, 1.165) is 33.9 Å². The van der Waals surface area contributed by atoms with E-state index in [1.165, 1.54) is 6.21 Å². The number of hydrogen-bond acceptors (Lipinski definition) is 5. The maximum atomic E-state index is 7.58. The van der Waals surface area contributed by atoms with Gasteiger partial charge in [-0.3, -0.25) is 0 Å². The van der Waals surface area contributed by atoms with Crippen molar-refractivity contribution in [2.75, 3.05) is 24.7 Å². The average molecular weight is 320 g/mol. The van der Waals surface area contributed by atoms with Gasteiger partial charge in [-0.2, -0.15) is 5.10 Å². The summed E-state index contributed by atoms with van der Waals surface area (Å²) in [5.74, 6) is 1.62. The predicted octanol–water partition coefficient (Wildman–Crippen LogP) is 3.32. The van der Waals surface area contributed by atoms with Crippen molar-refractivity contribution >= 4 is 17.9 Å². The maximum Gasteiger partial charge on any atom is 0.134 e. The zero-order valence-corrected chi connectivity index (χ0v) is 14.0. The van der Waals surface area contributed by atoms with Gasteiger partial charge in [0.25, 0.3) is 0 Å². The quantitative estimate of drug-likeness (QED) is 0.630. The van der Waals surface area contributed by atoms with Gasteiger partial charge >= 0.3 is 0 Å². The van der Waals surface area contributed by atoms with E-state index in [1.54, 1.807) is 13.2 Å². The van der Waals surface area contributed by atoms with Crippen LogP contribution in [-0.2, 0) is 0 Å². The Hall–Kier alpha value is -3.15. The Morgan fingerprint density at radius 3 is 2.50 bits per heavy atom. The van der Waals surface area contributed by atoms with Crippen LogP contribution in [0.1, 0.15) is 11.1 Å². The van der Waals surface area contributed by atoms with Crippen molar-refractivity contribution in [2.24, 2.45) is 0 Å². The Balaban J connectivity index is 2.16. The van der Waals surface area contributed by atoms with Crippen LogP contribution in [0.25, 0.3) is 16.9 Å². The molecule has 0 atom stereocenters. The number of anilines is 2. The van der Waals surface area contributed by atoms with Crippen LogP contribution in [0.2, 0.25) is 0 Å². The number of hydrogen-bond donors (Lipinski definition) is 3. The summed E-state index contributed by atoms with van der Waals surface area (Å²) < 4.78 is 1.89. The van der Waals surface area contributed by atoms with E-state index in [9.17, 15) is 0 Å². The van der Waals surface area contributed by atoms with E-state index < -0.39 is 0 Å². The van der Waals surface area contributed by atoms with Crippen LogP contribution in [0.4, 0.5) is 11.6 Å². The normalized spacial score (nSPS) is 10.5. The van der Waals surface area contributed by atoms with Crippen molar-refractivity contribution in [3.8, 4) is 16.9 Å². The van der Waals surface area contributed by atoms with Crippen molar-refractivity contribution in [1.29, 1.82) is 5.41 Å². The Bertz CT molecular complexity index is 867. The molecule has 0 saturated carbocycles. The molecule has 6 heteroatoms. The molecule has 2 heterocycles. The molecular formula is C18H20N6. The highest BCUT2D eigenvalue weighted by Crippen LogP contribution is 2.30. The zero-order valence-electron chi connectivity index (χ0n) is 14.0. The number of pyridine rings is 1. The number of aromatic nitrogens is 3. The molecule has 0 aliphatic carbocycles. The second kappa shape index (κ2) is 6.54. The first kappa shape index (κ1) is 15.7. The number of para-hydroxylation sites is 1. The van der Waals surface area contributed by atoms with Crippen molar-refractivity contribution in [2.45, 2.75) is 6.92 Å². The van der Waals surface area contributed by atoms with Gasteiger partial charge in [-0.1, -0.05) is 18.2 Å². The smallest absolute Gasteiger partial charge is 0.134 e. The third-order valence-electron chi connectivity index (χ3n) is 3.94. The summed E-state index contributed by atoms with van der Waals surface area (Å²) in [6.45, 7) is 2.03. The lowest BCUT2D eigenvalue weighted by atomic mass is 10.1. The van der Waals surface area contributed by atoms with Crippen molar-refractivity contribution in [1.82, 2.24) is 14.8 Å². The molecule has 3 rings (SSSR count). The highest BCUT2D eigenvalue weighted by molar-refractivity contribution is 5.87. The topological polar surface area (TPSA) is 78.6 Å². The third kappa shape index (κ3) is 2.62. The molecule has 0 aliphatic rings. The zero-order chi connectivity index (χ0) is 17.1. The fourth-order valence-electron chi connectivity index (χ4n) is 2.75. The van der Waals surface area contributed by atoms with Gasteiger partial charge in [0.2, 0.25) is 0 Å². The molecule has 3 N–H and O–H groups in total. The number of benzene rings is 1. The number of nitrogens with one attached hydrogen (secondary N) is 3. The van der Waals surface area contributed by atoms with Gasteiger partial charge < -0.3 is 16.0 Å². The molecule has 122 valence electrons. The number of nitrogens with zero attached hydrogens (tertiary/aromatic N) is 3. The van der Waals surface area contributed by atoms with Crippen LogP contribution in [0.3, 0.4) is 0 Å². The Labute approximate surface area is 141 Å². The van der Waals surface area contributed by atoms with E-state index in [-0.39, 0.29) is 0 Å². The largest absolute Gasteiger partial charge is 0.373 e. The van der Waals surface area contributed by atoms with Crippen LogP contribution in [0.5, 0.6) is 0 Å². The first-order chi connectivity index (χ1) is 11.7. The molecule has 0 fully saturated rings. The van der Waals surface area contributed by atoms with E-state index in [1.807, 2.05) is 55.1 Å². The maximum absolute atomic E-state index is 7.58. The fourth-order valence-corrected chi connectivity index (χ4v) is 2.75. The molecule has 0 saturated heterocycles. The molecule has 0 bridgehead atoms. The lowest BCUT2D eigenvalue weighted by Gasteiger charge is -2.06. The molecule has 0 aliphatic heterocycles. The van der Waals surface area contributed by atoms with Gasteiger partial charge in [0.1, 0.15) is 11.6 Å². The second-order valence-corrected chi connectivity index (χ2v) is 5.38. The minimum atomic E-state index is 0.683. The standard InChI is InChI=1S/C18H20N6/c1-12-16(14-9-13(10-19)17(20-2)22-11-14)23-24(18(12)21-3)15-7-5-4-6-8-15/h4-11,19,21H,1-3H3,(H,20,22). The van der Waals surface area contributed by atoms with Gasteiger partial charge in [0, 0.05) is 43.2 Å². The van der Waals surface area contributed by atoms with E-state index in [4.69, 9.17) is 10.5 Å². The van der Waals surface area contributed by atoms with Gasteiger partial charge in [0.15, 0.2) is 0 Å². The molecule has 24 heavy (non-hydrogen) atoms. The van der Waals surface area contributed by atoms with Crippen molar-refractivity contribution in [3.63, 3.8) is 0 Å². The first-order valence-electron chi connectivity index (χ1n) is 7.71. The van der Waals surface area contributed by atoms with Crippen molar-refractivity contribution in [3.05, 3.63) is 53.7 Å². The summed E-state index contributed by atoms with van der Waals surface area (Å²) >= 11 is 0. The Kier molecular flexibility index (Phi) is 4.29. The van der Waals surface area contributed by atoms with Crippen LogP contribution < -0.4 is 10.6 Å². The predicted molar refractivity (Wildman–Crippen MR) is 98.5 cm³/mol. The summed E-state index contributed by atoms with van der Waals surface area (Å²) in [6, 6.07) is 11.9. The van der Waals surface area contributed by atoms with E-state index in [2.05, 4.69) is 15.6 Å². The van der Waals surface area contributed by atoms with Crippen LogP contribution in [-0.4, -0.2) is 35.1 Å². The monoisotopic (exact) mass is 320 g/mol. The minimum absolute atomic E-state index is 0.683. The molecular weight excluding hydrogens is 300 g/mol. The fraction of sp³-hybridized carbons (Fsp3) is 0.167. The summed E-state index contributed by atoms with van der Waals surface area (Å²) in [5.41, 5.74) is 4.49. The lowest BCUT2D eigenvalue weighted by molar-refractivity contribution is 0.888. The Morgan fingerprint density at radius 1 is 1.12 bits per heavy atom. The van der Waals surface area contributed by atoms with Crippen LogP contribution in [0, 0.1) is 12.3 Å². The van der Waals surface area contributed by atoms with Gasteiger partial charge in [0.05, 0.1) is 11.4 Å². The van der Waals surface area contributed by atoms with Gasteiger partial charge in [-0.25, -0.2) is 9.67 Å².